The van der Waals surface area contributed by atoms with Gasteiger partial charge in [0.25, 0.3) is 0 Å². The Hall–Kier alpha value is -2.41. The van der Waals surface area contributed by atoms with Crippen molar-refractivity contribution in [1.29, 1.82) is 0 Å². The SMILES string of the molecule is CC[C@@H](NC(=O)NCCc1cccc(C(N)=O)c1)c1nc(C)cs1. The molecule has 2 rings (SSSR count). The fourth-order valence-corrected chi connectivity index (χ4v) is 3.21. The summed E-state index contributed by atoms with van der Waals surface area (Å²) >= 11 is 1.55. The Morgan fingerprint density at radius 2 is 2.17 bits per heavy atom. The predicted octanol–water partition coefficient (Wildman–Crippen LogP) is 2.54. The van der Waals surface area contributed by atoms with Crippen LogP contribution in [0.2, 0.25) is 0 Å². The third-order valence-corrected chi connectivity index (χ3v) is 4.64. The lowest BCUT2D eigenvalue weighted by atomic mass is 10.1. The molecule has 0 aliphatic carbocycles. The van der Waals surface area contributed by atoms with Gasteiger partial charge in [-0.15, -0.1) is 11.3 Å². The topological polar surface area (TPSA) is 97.1 Å². The molecular weight excluding hydrogens is 324 g/mol. The van der Waals surface area contributed by atoms with E-state index in [4.69, 9.17) is 5.73 Å². The van der Waals surface area contributed by atoms with Crippen molar-refractivity contribution in [1.82, 2.24) is 15.6 Å². The molecule has 0 aliphatic heterocycles. The third-order valence-electron chi connectivity index (χ3n) is 3.56. The van der Waals surface area contributed by atoms with Gasteiger partial charge in [-0.3, -0.25) is 4.79 Å². The smallest absolute Gasteiger partial charge is 0.315 e. The van der Waals surface area contributed by atoms with Crippen molar-refractivity contribution in [2.45, 2.75) is 32.7 Å². The zero-order valence-corrected chi connectivity index (χ0v) is 14.7. The Morgan fingerprint density at radius 1 is 1.38 bits per heavy atom. The first-order valence-corrected chi connectivity index (χ1v) is 8.72. The Labute approximate surface area is 145 Å². The van der Waals surface area contributed by atoms with Crippen molar-refractivity contribution >= 4 is 23.3 Å². The third kappa shape index (κ3) is 5.06. The minimum Gasteiger partial charge on any atom is -0.366 e. The van der Waals surface area contributed by atoms with Crippen LogP contribution in [0.4, 0.5) is 4.79 Å². The molecule has 0 radical (unpaired) electrons. The normalized spacial score (nSPS) is 11.8. The van der Waals surface area contributed by atoms with Gasteiger partial charge in [-0.25, -0.2) is 9.78 Å². The van der Waals surface area contributed by atoms with E-state index in [2.05, 4.69) is 15.6 Å². The molecule has 2 aromatic rings. The highest BCUT2D eigenvalue weighted by atomic mass is 32.1. The van der Waals surface area contributed by atoms with Crippen molar-refractivity contribution < 1.29 is 9.59 Å². The molecule has 0 aliphatic rings. The number of hydrogen-bond acceptors (Lipinski definition) is 4. The summed E-state index contributed by atoms with van der Waals surface area (Å²) in [6.07, 6.45) is 1.41. The number of rotatable bonds is 7. The molecule has 7 heteroatoms. The number of benzene rings is 1. The number of thiazole rings is 1. The average Bonchev–Trinajstić information content (AvgIpc) is 2.99. The van der Waals surface area contributed by atoms with Crippen molar-refractivity contribution in [2.75, 3.05) is 6.54 Å². The molecule has 1 heterocycles. The van der Waals surface area contributed by atoms with Crippen molar-refractivity contribution in [2.24, 2.45) is 5.73 Å². The number of carbonyl (C=O) groups is 2. The molecule has 6 nitrogen and oxygen atoms in total. The molecular formula is C17H22N4O2S. The number of amides is 3. The van der Waals surface area contributed by atoms with Crippen LogP contribution in [0.25, 0.3) is 0 Å². The molecule has 4 N–H and O–H groups in total. The summed E-state index contributed by atoms with van der Waals surface area (Å²) in [6.45, 7) is 4.42. The molecule has 0 saturated carbocycles. The maximum absolute atomic E-state index is 12.0. The van der Waals surface area contributed by atoms with Crippen LogP contribution < -0.4 is 16.4 Å². The maximum Gasteiger partial charge on any atom is 0.315 e. The van der Waals surface area contributed by atoms with E-state index in [0.29, 0.717) is 18.5 Å². The number of carbonyl (C=O) groups excluding carboxylic acids is 2. The van der Waals surface area contributed by atoms with E-state index in [9.17, 15) is 9.59 Å². The first-order valence-electron chi connectivity index (χ1n) is 7.84. The van der Waals surface area contributed by atoms with E-state index in [-0.39, 0.29) is 12.1 Å². The number of nitrogens with two attached hydrogens (primary N) is 1. The van der Waals surface area contributed by atoms with Gasteiger partial charge in [-0.2, -0.15) is 0 Å². The minimum absolute atomic E-state index is 0.0816. The van der Waals surface area contributed by atoms with Gasteiger partial charge in [0.05, 0.1) is 6.04 Å². The van der Waals surface area contributed by atoms with E-state index < -0.39 is 5.91 Å². The van der Waals surface area contributed by atoms with Crippen LogP contribution in [-0.4, -0.2) is 23.5 Å². The lowest BCUT2D eigenvalue weighted by Gasteiger charge is -2.15. The van der Waals surface area contributed by atoms with Gasteiger partial charge in [-0.05, 0) is 37.5 Å². The Balaban J connectivity index is 1.82. The van der Waals surface area contributed by atoms with E-state index >= 15 is 0 Å². The predicted molar refractivity (Wildman–Crippen MR) is 95.1 cm³/mol. The molecule has 24 heavy (non-hydrogen) atoms. The summed E-state index contributed by atoms with van der Waals surface area (Å²) in [6, 6.07) is 6.80. The summed E-state index contributed by atoms with van der Waals surface area (Å²) in [5.41, 5.74) is 7.65. The van der Waals surface area contributed by atoms with Gasteiger partial charge in [0.15, 0.2) is 0 Å². The highest BCUT2D eigenvalue weighted by molar-refractivity contribution is 7.09. The van der Waals surface area contributed by atoms with Gasteiger partial charge in [0, 0.05) is 23.2 Å². The minimum atomic E-state index is -0.452. The van der Waals surface area contributed by atoms with Gasteiger partial charge >= 0.3 is 6.03 Å². The highest BCUT2D eigenvalue weighted by Gasteiger charge is 2.15. The summed E-state index contributed by atoms with van der Waals surface area (Å²) in [5, 5.41) is 8.66. The fourth-order valence-electron chi connectivity index (χ4n) is 2.28. The van der Waals surface area contributed by atoms with Crippen molar-refractivity contribution in [3.05, 3.63) is 51.5 Å². The molecule has 0 saturated heterocycles. The zero-order chi connectivity index (χ0) is 17.5. The van der Waals surface area contributed by atoms with Crippen LogP contribution in [0.5, 0.6) is 0 Å². The van der Waals surface area contributed by atoms with Crippen LogP contribution in [0.15, 0.2) is 29.6 Å². The molecule has 0 unspecified atom stereocenters. The molecule has 3 amide bonds. The van der Waals surface area contributed by atoms with E-state index in [1.54, 1.807) is 29.5 Å². The molecule has 1 aromatic carbocycles. The maximum atomic E-state index is 12.0. The zero-order valence-electron chi connectivity index (χ0n) is 13.8. The van der Waals surface area contributed by atoms with Crippen LogP contribution in [0, 0.1) is 6.92 Å². The van der Waals surface area contributed by atoms with Gasteiger partial charge in [-0.1, -0.05) is 19.1 Å². The number of urea groups is 1. The molecule has 1 atom stereocenters. The molecule has 128 valence electrons. The lowest BCUT2D eigenvalue weighted by molar-refractivity contribution is 0.1000. The summed E-state index contributed by atoms with van der Waals surface area (Å²) in [5.74, 6) is -0.452. The number of nitrogens with one attached hydrogen (secondary N) is 2. The first-order chi connectivity index (χ1) is 11.5. The first kappa shape index (κ1) is 17.9. The van der Waals surface area contributed by atoms with Gasteiger partial charge < -0.3 is 16.4 Å². The Bertz CT molecular complexity index is 714. The number of aryl methyl sites for hydroxylation is 1. The molecule has 0 fully saturated rings. The second-order valence-electron chi connectivity index (χ2n) is 5.50. The summed E-state index contributed by atoms with van der Waals surface area (Å²) in [4.78, 5) is 27.6. The number of hydrogen-bond donors (Lipinski definition) is 3. The van der Waals surface area contributed by atoms with Crippen LogP contribution in [0.1, 0.15) is 46.0 Å². The molecule has 0 bridgehead atoms. The van der Waals surface area contributed by atoms with Crippen LogP contribution in [-0.2, 0) is 6.42 Å². The van der Waals surface area contributed by atoms with Crippen LogP contribution >= 0.6 is 11.3 Å². The van der Waals surface area contributed by atoms with Gasteiger partial charge in [0.2, 0.25) is 5.91 Å². The standard InChI is InChI=1S/C17H22N4O2S/c1-3-14(16-20-11(2)10-24-16)21-17(23)19-8-7-12-5-4-6-13(9-12)15(18)22/h4-6,9-10,14H,3,7-8H2,1-2H3,(H2,18,22)(H2,19,21,23)/t14-/m1/s1. The summed E-state index contributed by atoms with van der Waals surface area (Å²) in [7, 11) is 0. The lowest BCUT2D eigenvalue weighted by Crippen LogP contribution is -2.38. The quantitative estimate of drug-likeness (QED) is 0.718. The number of primary amides is 1. The van der Waals surface area contributed by atoms with E-state index in [1.807, 2.05) is 25.3 Å². The average molecular weight is 346 g/mol. The Kier molecular flexibility index (Phi) is 6.31. The highest BCUT2D eigenvalue weighted by Crippen LogP contribution is 2.20. The van der Waals surface area contributed by atoms with Gasteiger partial charge in [0.1, 0.15) is 5.01 Å². The largest absolute Gasteiger partial charge is 0.366 e. The monoisotopic (exact) mass is 346 g/mol. The number of aromatic nitrogens is 1. The van der Waals surface area contributed by atoms with Crippen molar-refractivity contribution in [3.63, 3.8) is 0 Å². The van der Waals surface area contributed by atoms with Crippen molar-refractivity contribution in [3.8, 4) is 0 Å². The van der Waals surface area contributed by atoms with E-state index in [1.165, 1.54) is 0 Å². The second-order valence-corrected chi connectivity index (χ2v) is 6.39. The second kappa shape index (κ2) is 8.44. The fraction of sp³-hybridized carbons (Fsp3) is 0.353. The summed E-state index contributed by atoms with van der Waals surface area (Å²) < 4.78 is 0. The Morgan fingerprint density at radius 3 is 2.79 bits per heavy atom. The van der Waals surface area contributed by atoms with E-state index in [0.717, 1.165) is 22.7 Å². The molecule has 0 spiro atoms. The molecule has 1 aromatic heterocycles. The number of nitrogens with zero attached hydrogens (tertiary/aromatic N) is 1. The van der Waals surface area contributed by atoms with Crippen LogP contribution in [0.3, 0.4) is 0 Å².